The van der Waals surface area contributed by atoms with Crippen LogP contribution < -0.4 is 9.88 Å². The van der Waals surface area contributed by atoms with Gasteiger partial charge < -0.3 is 14.2 Å². The summed E-state index contributed by atoms with van der Waals surface area (Å²) in [6.07, 6.45) is 0. The number of aromatic nitrogens is 2. The summed E-state index contributed by atoms with van der Waals surface area (Å²) in [5.41, 5.74) is 2.37. The topological polar surface area (TPSA) is 108 Å². The number of thioether (sulfide) groups is 1. The molecule has 10 heteroatoms. The van der Waals surface area contributed by atoms with Gasteiger partial charge in [0, 0.05) is 20.1 Å². The Morgan fingerprint density at radius 1 is 1.12 bits per heavy atom. The number of hydrogen-bond acceptors (Lipinski definition) is 6. The number of rotatable bonds is 8. The van der Waals surface area contributed by atoms with Gasteiger partial charge in [0.05, 0.1) is 28.8 Å². The summed E-state index contributed by atoms with van der Waals surface area (Å²) in [4.78, 5) is 19.1. The minimum Gasteiger partial charge on any atom is -0.497 e. The van der Waals surface area contributed by atoms with Gasteiger partial charge in [0.15, 0.2) is 5.16 Å². The molecule has 0 atom stereocenters. The van der Waals surface area contributed by atoms with Gasteiger partial charge in [-0.1, -0.05) is 30.0 Å². The Morgan fingerprint density at radius 2 is 1.85 bits per heavy atom. The van der Waals surface area contributed by atoms with Gasteiger partial charge in [0.2, 0.25) is 15.9 Å². The van der Waals surface area contributed by atoms with Gasteiger partial charge >= 0.3 is 0 Å². The van der Waals surface area contributed by atoms with Gasteiger partial charge in [-0.15, -0.1) is 0 Å². The lowest BCUT2D eigenvalue weighted by Crippen LogP contribution is -2.27. The van der Waals surface area contributed by atoms with Crippen molar-refractivity contribution in [3.8, 4) is 5.75 Å². The zero-order valence-electron chi connectivity index (χ0n) is 19.2. The van der Waals surface area contributed by atoms with Crippen molar-refractivity contribution in [1.82, 2.24) is 14.5 Å². The molecule has 0 radical (unpaired) electrons. The first kappa shape index (κ1) is 24.1. The monoisotopic (exact) mass is 498 g/mol. The summed E-state index contributed by atoms with van der Waals surface area (Å²) in [6.45, 7) is 3.10. The molecule has 1 heterocycles. The molecule has 0 fully saturated rings. The van der Waals surface area contributed by atoms with E-state index < -0.39 is 10.0 Å². The third-order valence-electron chi connectivity index (χ3n) is 5.61. The lowest BCUT2D eigenvalue weighted by molar-refractivity contribution is -0.127. The Morgan fingerprint density at radius 3 is 2.56 bits per heavy atom. The minimum atomic E-state index is -3.81. The molecule has 0 saturated carbocycles. The van der Waals surface area contributed by atoms with E-state index in [0.29, 0.717) is 23.8 Å². The number of nitrogens with two attached hydrogens (primary N) is 1. The molecular formula is C24H26N4O4S2. The number of carbonyl (C=O) groups is 1. The molecule has 0 spiro atoms. The average molecular weight is 499 g/mol. The molecule has 0 bridgehead atoms. The van der Waals surface area contributed by atoms with E-state index in [1.54, 1.807) is 25.1 Å². The number of hydrogen-bond donors (Lipinski definition) is 1. The predicted octanol–water partition coefficient (Wildman–Crippen LogP) is 3.62. The second-order valence-corrected chi connectivity index (χ2v) is 10.4. The second-order valence-electron chi connectivity index (χ2n) is 7.92. The second kappa shape index (κ2) is 9.65. The minimum absolute atomic E-state index is 0.0157. The van der Waals surface area contributed by atoms with Crippen LogP contribution in [-0.2, 0) is 27.9 Å². The highest BCUT2D eigenvalue weighted by atomic mass is 32.2. The van der Waals surface area contributed by atoms with Crippen LogP contribution >= 0.6 is 11.8 Å². The third-order valence-corrected chi connectivity index (χ3v) is 7.48. The molecule has 3 aromatic carbocycles. The maximum absolute atomic E-state index is 12.8. The van der Waals surface area contributed by atoms with Gasteiger partial charge in [-0.3, -0.25) is 4.79 Å². The van der Waals surface area contributed by atoms with Crippen molar-refractivity contribution >= 4 is 49.5 Å². The number of benzene rings is 3. The summed E-state index contributed by atoms with van der Waals surface area (Å²) in [5, 5.41) is 8.07. The van der Waals surface area contributed by atoms with Gasteiger partial charge in [-0.25, -0.2) is 18.5 Å². The van der Waals surface area contributed by atoms with Crippen LogP contribution in [0.15, 0.2) is 64.6 Å². The van der Waals surface area contributed by atoms with E-state index in [4.69, 9.17) is 9.88 Å². The van der Waals surface area contributed by atoms with Crippen LogP contribution in [0.5, 0.6) is 5.75 Å². The summed E-state index contributed by atoms with van der Waals surface area (Å²) in [7, 11) is -0.387. The molecule has 34 heavy (non-hydrogen) atoms. The number of primary sulfonamides is 1. The molecule has 0 aliphatic carbocycles. The first-order chi connectivity index (χ1) is 16.2. The molecule has 8 nitrogen and oxygen atoms in total. The molecule has 0 aliphatic rings. The number of carbonyl (C=O) groups excluding carboxylic acids is 1. The lowest BCUT2D eigenvalue weighted by atomic mass is 10.1. The van der Waals surface area contributed by atoms with Crippen LogP contribution in [0.3, 0.4) is 0 Å². The molecule has 0 unspecified atom stereocenters. The fourth-order valence-electron chi connectivity index (χ4n) is 3.78. The number of nitrogens with zero attached hydrogens (tertiary/aromatic N) is 3. The van der Waals surface area contributed by atoms with E-state index in [1.807, 2.05) is 41.8 Å². The molecule has 4 aromatic rings. The number of fused-ring (bicyclic) bond motifs is 2. The fraction of sp³-hybridized carbons (Fsp3) is 0.250. The van der Waals surface area contributed by atoms with Crippen molar-refractivity contribution in [3.63, 3.8) is 0 Å². The van der Waals surface area contributed by atoms with Crippen molar-refractivity contribution in [1.29, 1.82) is 0 Å². The molecular weight excluding hydrogens is 472 g/mol. The Bertz CT molecular complexity index is 1480. The van der Waals surface area contributed by atoms with E-state index in [-0.39, 0.29) is 16.6 Å². The Hall–Kier alpha value is -3.08. The average Bonchev–Trinajstić information content (AvgIpc) is 3.18. The predicted molar refractivity (Wildman–Crippen MR) is 134 cm³/mol. The van der Waals surface area contributed by atoms with Gasteiger partial charge in [0.25, 0.3) is 0 Å². The largest absolute Gasteiger partial charge is 0.497 e. The van der Waals surface area contributed by atoms with Gasteiger partial charge in [-0.2, -0.15) is 0 Å². The van der Waals surface area contributed by atoms with E-state index in [1.165, 1.54) is 23.9 Å². The number of ether oxygens (including phenoxy) is 1. The van der Waals surface area contributed by atoms with Crippen molar-refractivity contribution < 1.29 is 17.9 Å². The number of aryl methyl sites for hydroxylation is 1. The summed E-state index contributed by atoms with van der Waals surface area (Å²) in [5.74, 6) is 0.996. The normalized spacial score (nSPS) is 11.8. The standard InChI is InChI=1S/C24H26N4O4S2/c1-4-28-22-10-9-20(34(25,30)31)13-21(22)26-24(28)33-15-23(29)27(2)14-16-5-6-18-12-19(32-3)8-7-17(18)11-16/h5-13H,4,14-15H2,1-3H3,(H2,25,30,31). The summed E-state index contributed by atoms with van der Waals surface area (Å²) < 4.78 is 30.6. The van der Waals surface area contributed by atoms with Crippen molar-refractivity contribution in [2.45, 2.75) is 30.1 Å². The Labute approximate surface area is 202 Å². The van der Waals surface area contributed by atoms with E-state index in [0.717, 1.165) is 27.6 Å². The maximum atomic E-state index is 12.8. The van der Waals surface area contributed by atoms with Crippen LogP contribution in [0.4, 0.5) is 0 Å². The van der Waals surface area contributed by atoms with Crippen LogP contribution in [0.2, 0.25) is 0 Å². The first-order valence-corrected chi connectivity index (χ1v) is 13.2. The molecule has 0 aliphatic heterocycles. The molecule has 2 N–H and O–H groups in total. The van der Waals surface area contributed by atoms with Crippen LogP contribution in [0.1, 0.15) is 12.5 Å². The number of imidazole rings is 1. The van der Waals surface area contributed by atoms with E-state index in [9.17, 15) is 13.2 Å². The lowest BCUT2D eigenvalue weighted by Gasteiger charge is -2.17. The van der Waals surface area contributed by atoms with Crippen molar-refractivity contribution in [2.24, 2.45) is 5.14 Å². The molecule has 1 aromatic heterocycles. The first-order valence-electron chi connectivity index (χ1n) is 10.7. The smallest absolute Gasteiger partial charge is 0.238 e. The third kappa shape index (κ3) is 5.03. The summed E-state index contributed by atoms with van der Waals surface area (Å²) in [6, 6.07) is 16.6. The number of sulfonamides is 1. The zero-order chi connectivity index (χ0) is 24.5. The molecule has 4 rings (SSSR count). The maximum Gasteiger partial charge on any atom is 0.238 e. The van der Waals surface area contributed by atoms with Crippen LogP contribution in [0.25, 0.3) is 21.8 Å². The SMILES string of the molecule is CCn1c(SCC(=O)N(C)Cc2ccc3cc(OC)ccc3c2)nc2cc(S(N)(=O)=O)ccc21. The number of methoxy groups -OCH3 is 1. The highest BCUT2D eigenvalue weighted by Gasteiger charge is 2.17. The van der Waals surface area contributed by atoms with Crippen molar-refractivity contribution in [2.75, 3.05) is 19.9 Å². The quantitative estimate of drug-likeness (QED) is 0.372. The molecule has 178 valence electrons. The van der Waals surface area contributed by atoms with Crippen molar-refractivity contribution in [3.05, 3.63) is 60.2 Å². The molecule has 0 saturated heterocycles. The van der Waals surface area contributed by atoms with Gasteiger partial charge in [-0.05, 0) is 59.7 Å². The van der Waals surface area contributed by atoms with Crippen LogP contribution in [-0.4, -0.2) is 48.7 Å². The van der Waals surface area contributed by atoms with E-state index in [2.05, 4.69) is 11.1 Å². The highest BCUT2D eigenvalue weighted by molar-refractivity contribution is 7.99. The fourth-order valence-corrected chi connectivity index (χ4v) is 5.33. The summed E-state index contributed by atoms with van der Waals surface area (Å²) >= 11 is 1.33. The van der Waals surface area contributed by atoms with Gasteiger partial charge in [0.1, 0.15) is 5.75 Å². The molecule has 1 amide bonds. The Kier molecular flexibility index (Phi) is 6.83. The highest BCUT2D eigenvalue weighted by Crippen LogP contribution is 2.27. The Balaban J connectivity index is 1.46. The van der Waals surface area contributed by atoms with E-state index >= 15 is 0 Å². The van der Waals surface area contributed by atoms with Crippen LogP contribution in [0, 0.1) is 0 Å². The number of amides is 1. The zero-order valence-corrected chi connectivity index (χ0v) is 20.8.